The Balaban J connectivity index is 1.60. The number of benzene rings is 1. The van der Waals surface area contributed by atoms with Crippen LogP contribution < -0.4 is 5.32 Å². The molecule has 1 fully saturated rings. The standard InChI is InChI=1S/C15H20N2OS/c18-15(17-8-3-4-9-17)11-16-13-7-10-19-14-6-2-1-5-12(13)14/h1-2,5-6,13,16H,3-4,7-11H2. The summed E-state index contributed by atoms with van der Waals surface area (Å²) in [6.45, 7) is 2.36. The van der Waals surface area contributed by atoms with Crippen LogP contribution in [0.4, 0.5) is 0 Å². The maximum Gasteiger partial charge on any atom is 0.236 e. The molecule has 0 aromatic heterocycles. The lowest BCUT2D eigenvalue weighted by Gasteiger charge is -2.26. The van der Waals surface area contributed by atoms with E-state index >= 15 is 0 Å². The molecule has 0 radical (unpaired) electrons. The van der Waals surface area contributed by atoms with Crippen molar-refractivity contribution in [1.29, 1.82) is 0 Å². The van der Waals surface area contributed by atoms with Crippen LogP contribution in [0.3, 0.4) is 0 Å². The molecular weight excluding hydrogens is 256 g/mol. The SMILES string of the molecule is O=C(CNC1CCSc2ccccc21)N1CCCC1. The van der Waals surface area contributed by atoms with Crippen LogP contribution in [0.15, 0.2) is 29.2 Å². The Kier molecular flexibility index (Phi) is 4.09. The quantitative estimate of drug-likeness (QED) is 0.920. The number of nitrogens with one attached hydrogen (secondary N) is 1. The summed E-state index contributed by atoms with van der Waals surface area (Å²) in [6.07, 6.45) is 3.43. The zero-order valence-corrected chi connectivity index (χ0v) is 11.9. The summed E-state index contributed by atoms with van der Waals surface area (Å²) >= 11 is 1.92. The van der Waals surface area contributed by atoms with Gasteiger partial charge in [0, 0.05) is 24.0 Å². The molecule has 1 aromatic carbocycles. The molecule has 3 nitrogen and oxygen atoms in total. The summed E-state index contributed by atoms with van der Waals surface area (Å²) in [7, 11) is 0. The highest BCUT2D eigenvalue weighted by Gasteiger charge is 2.22. The molecule has 0 spiro atoms. The third-order valence-corrected chi connectivity index (χ3v) is 5.04. The number of hydrogen-bond acceptors (Lipinski definition) is 3. The molecule has 2 aliphatic heterocycles. The van der Waals surface area contributed by atoms with Crippen molar-refractivity contribution in [3.05, 3.63) is 29.8 Å². The lowest BCUT2D eigenvalue weighted by Crippen LogP contribution is -2.38. The Morgan fingerprint density at radius 3 is 2.95 bits per heavy atom. The Hall–Kier alpha value is -1.00. The van der Waals surface area contributed by atoms with Crippen molar-refractivity contribution in [2.75, 3.05) is 25.4 Å². The van der Waals surface area contributed by atoms with E-state index in [0.717, 1.165) is 38.1 Å². The van der Waals surface area contributed by atoms with Gasteiger partial charge in [-0.05, 0) is 36.6 Å². The molecule has 1 saturated heterocycles. The van der Waals surface area contributed by atoms with E-state index in [0.29, 0.717) is 12.6 Å². The number of thioether (sulfide) groups is 1. The molecule has 1 aromatic rings. The molecule has 0 aliphatic carbocycles. The van der Waals surface area contributed by atoms with Crippen LogP contribution in [-0.2, 0) is 4.79 Å². The van der Waals surface area contributed by atoms with E-state index in [1.54, 1.807) is 0 Å². The molecule has 0 bridgehead atoms. The number of hydrogen-bond donors (Lipinski definition) is 1. The molecule has 4 heteroatoms. The van der Waals surface area contributed by atoms with E-state index in [-0.39, 0.29) is 5.91 Å². The third-order valence-electron chi connectivity index (χ3n) is 3.92. The average molecular weight is 276 g/mol. The van der Waals surface area contributed by atoms with E-state index < -0.39 is 0 Å². The summed E-state index contributed by atoms with van der Waals surface area (Å²) in [5.74, 6) is 1.39. The Labute approximate surface area is 118 Å². The monoisotopic (exact) mass is 276 g/mol. The lowest BCUT2D eigenvalue weighted by atomic mass is 10.0. The fourth-order valence-electron chi connectivity index (χ4n) is 2.84. The van der Waals surface area contributed by atoms with Crippen molar-refractivity contribution in [2.24, 2.45) is 0 Å². The average Bonchev–Trinajstić information content (AvgIpc) is 2.99. The van der Waals surface area contributed by atoms with Crippen molar-refractivity contribution >= 4 is 17.7 Å². The number of amides is 1. The van der Waals surface area contributed by atoms with Crippen molar-refractivity contribution in [2.45, 2.75) is 30.2 Å². The Morgan fingerprint density at radius 1 is 1.32 bits per heavy atom. The van der Waals surface area contributed by atoms with E-state index in [4.69, 9.17) is 0 Å². The van der Waals surface area contributed by atoms with Gasteiger partial charge >= 0.3 is 0 Å². The zero-order chi connectivity index (χ0) is 13.1. The van der Waals surface area contributed by atoms with Gasteiger partial charge in [0.15, 0.2) is 0 Å². The summed E-state index contributed by atoms with van der Waals surface area (Å²) in [6, 6.07) is 8.87. The van der Waals surface area contributed by atoms with Gasteiger partial charge in [0.2, 0.25) is 5.91 Å². The first-order valence-electron chi connectivity index (χ1n) is 7.07. The van der Waals surface area contributed by atoms with Crippen LogP contribution in [0.25, 0.3) is 0 Å². The summed E-state index contributed by atoms with van der Waals surface area (Å²) in [4.78, 5) is 15.4. The number of carbonyl (C=O) groups is 1. The molecule has 19 heavy (non-hydrogen) atoms. The molecule has 1 N–H and O–H groups in total. The van der Waals surface area contributed by atoms with Crippen LogP contribution in [0.1, 0.15) is 30.9 Å². The highest BCUT2D eigenvalue weighted by Crippen LogP contribution is 2.35. The molecule has 1 unspecified atom stereocenters. The van der Waals surface area contributed by atoms with Crippen molar-refractivity contribution < 1.29 is 4.79 Å². The van der Waals surface area contributed by atoms with Crippen LogP contribution in [-0.4, -0.2) is 36.2 Å². The molecule has 2 aliphatic rings. The largest absolute Gasteiger partial charge is 0.342 e. The van der Waals surface area contributed by atoms with Crippen molar-refractivity contribution in [3.8, 4) is 0 Å². The van der Waals surface area contributed by atoms with Crippen LogP contribution >= 0.6 is 11.8 Å². The third kappa shape index (κ3) is 2.95. The fraction of sp³-hybridized carbons (Fsp3) is 0.533. The van der Waals surface area contributed by atoms with Crippen molar-refractivity contribution in [1.82, 2.24) is 10.2 Å². The van der Waals surface area contributed by atoms with Gasteiger partial charge in [-0.2, -0.15) is 0 Å². The van der Waals surface area contributed by atoms with E-state index in [2.05, 4.69) is 29.6 Å². The van der Waals surface area contributed by atoms with Gasteiger partial charge in [0.1, 0.15) is 0 Å². The number of nitrogens with zero attached hydrogens (tertiary/aromatic N) is 1. The first-order chi connectivity index (χ1) is 9.34. The number of likely N-dealkylation sites (tertiary alicyclic amines) is 1. The molecule has 1 amide bonds. The Bertz CT molecular complexity index is 457. The van der Waals surface area contributed by atoms with Gasteiger partial charge in [-0.25, -0.2) is 0 Å². The molecular formula is C15H20N2OS. The highest BCUT2D eigenvalue weighted by molar-refractivity contribution is 7.99. The number of carbonyl (C=O) groups excluding carboxylic acids is 1. The zero-order valence-electron chi connectivity index (χ0n) is 11.1. The number of fused-ring (bicyclic) bond motifs is 1. The maximum atomic E-state index is 12.1. The molecule has 1 atom stereocenters. The van der Waals surface area contributed by atoms with Gasteiger partial charge in [0.05, 0.1) is 6.54 Å². The first kappa shape index (κ1) is 13.0. The fourth-order valence-corrected chi connectivity index (χ4v) is 3.97. The van der Waals surface area contributed by atoms with Gasteiger partial charge in [-0.3, -0.25) is 4.79 Å². The summed E-state index contributed by atoms with van der Waals surface area (Å²) in [5, 5.41) is 3.45. The maximum absolute atomic E-state index is 12.1. The topological polar surface area (TPSA) is 32.3 Å². The number of rotatable bonds is 3. The van der Waals surface area contributed by atoms with Crippen LogP contribution in [0.2, 0.25) is 0 Å². The van der Waals surface area contributed by atoms with Crippen LogP contribution in [0.5, 0.6) is 0 Å². The lowest BCUT2D eigenvalue weighted by molar-refractivity contribution is -0.129. The molecule has 3 rings (SSSR count). The van der Waals surface area contributed by atoms with Gasteiger partial charge in [0.25, 0.3) is 0 Å². The van der Waals surface area contributed by atoms with Crippen LogP contribution in [0, 0.1) is 0 Å². The first-order valence-corrected chi connectivity index (χ1v) is 8.06. The van der Waals surface area contributed by atoms with Gasteiger partial charge in [-0.15, -0.1) is 11.8 Å². The Morgan fingerprint density at radius 2 is 2.11 bits per heavy atom. The highest BCUT2D eigenvalue weighted by atomic mass is 32.2. The second kappa shape index (κ2) is 5.97. The second-order valence-electron chi connectivity index (χ2n) is 5.20. The molecule has 102 valence electrons. The molecule has 0 saturated carbocycles. The van der Waals surface area contributed by atoms with E-state index in [9.17, 15) is 4.79 Å². The minimum absolute atomic E-state index is 0.258. The van der Waals surface area contributed by atoms with Gasteiger partial charge < -0.3 is 10.2 Å². The smallest absolute Gasteiger partial charge is 0.236 e. The predicted octanol–water partition coefficient (Wildman–Crippen LogP) is 2.44. The minimum atomic E-state index is 0.258. The van der Waals surface area contributed by atoms with E-state index in [1.807, 2.05) is 16.7 Å². The minimum Gasteiger partial charge on any atom is -0.342 e. The van der Waals surface area contributed by atoms with E-state index in [1.165, 1.54) is 10.5 Å². The molecule has 2 heterocycles. The predicted molar refractivity (Wildman–Crippen MR) is 78.3 cm³/mol. The van der Waals surface area contributed by atoms with Gasteiger partial charge in [-0.1, -0.05) is 18.2 Å². The normalized spacial score (nSPS) is 22.3. The summed E-state index contributed by atoms with van der Waals surface area (Å²) < 4.78 is 0. The summed E-state index contributed by atoms with van der Waals surface area (Å²) in [5.41, 5.74) is 1.35. The van der Waals surface area contributed by atoms with Crippen molar-refractivity contribution in [3.63, 3.8) is 0 Å². The second-order valence-corrected chi connectivity index (χ2v) is 6.33.